The summed E-state index contributed by atoms with van der Waals surface area (Å²) in [6.07, 6.45) is 1.80. The molecule has 3 heteroatoms. The molecule has 19 heavy (non-hydrogen) atoms. The van der Waals surface area contributed by atoms with Crippen LogP contribution in [0.1, 0.15) is 43.6 Å². The van der Waals surface area contributed by atoms with Gasteiger partial charge in [0.25, 0.3) is 0 Å². The molecule has 0 bridgehead atoms. The van der Waals surface area contributed by atoms with Crippen molar-refractivity contribution in [1.82, 2.24) is 0 Å². The number of nitriles is 1. The molecule has 0 aliphatic heterocycles. The first-order valence-corrected chi connectivity index (χ1v) is 6.25. The van der Waals surface area contributed by atoms with E-state index in [-0.39, 0.29) is 11.3 Å². The van der Waals surface area contributed by atoms with Crippen LogP contribution in [0.15, 0.2) is 30.9 Å². The molecule has 0 radical (unpaired) electrons. The van der Waals surface area contributed by atoms with Gasteiger partial charge in [-0.3, -0.25) is 4.79 Å². The fourth-order valence-electron chi connectivity index (χ4n) is 1.98. The molecule has 1 aromatic carbocycles. The number of Topliss-reactive ketones (excluding diaryl/α,β-unsaturated/α-hetero) is 1. The SMILES string of the molecule is C=CCN(c1cc(C#N)ccc1C(C)=O)C(C)(C)C. The molecule has 0 unspecified atom stereocenters. The molecule has 0 saturated carbocycles. The number of anilines is 1. The average molecular weight is 256 g/mol. The molecule has 1 aromatic rings. The molecule has 0 amide bonds. The highest BCUT2D eigenvalue weighted by Crippen LogP contribution is 2.29. The number of hydrogen-bond acceptors (Lipinski definition) is 3. The lowest BCUT2D eigenvalue weighted by Crippen LogP contribution is -2.42. The van der Waals surface area contributed by atoms with Gasteiger partial charge < -0.3 is 4.90 Å². The van der Waals surface area contributed by atoms with Crippen molar-refractivity contribution in [2.75, 3.05) is 11.4 Å². The summed E-state index contributed by atoms with van der Waals surface area (Å²) in [4.78, 5) is 13.8. The van der Waals surface area contributed by atoms with Crippen LogP contribution in [0, 0.1) is 11.3 Å². The molecule has 1 rings (SSSR count). The van der Waals surface area contributed by atoms with Crippen LogP contribution in [0.25, 0.3) is 0 Å². The molecule has 0 aliphatic rings. The van der Waals surface area contributed by atoms with Gasteiger partial charge in [0, 0.05) is 23.3 Å². The van der Waals surface area contributed by atoms with Gasteiger partial charge in [-0.25, -0.2) is 0 Å². The lowest BCUT2D eigenvalue weighted by atomic mass is 9.99. The van der Waals surface area contributed by atoms with E-state index in [0.29, 0.717) is 17.7 Å². The number of rotatable bonds is 4. The quantitative estimate of drug-likeness (QED) is 0.611. The van der Waals surface area contributed by atoms with E-state index < -0.39 is 0 Å². The normalized spacial score (nSPS) is 10.7. The van der Waals surface area contributed by atoms with Gasteiger partial charge in [0.05, 0.1) is 11.6 Å². The maximum atomic E-state index is 11.8. The van der Waals surface area contributed by atoms with Crippen LogP contribution in [-0.2, 0) is 0 Å². The van der Waals surface area contributed by atoms with Crippen LogP contribution < -0.4 is 4.90 Å². The zero-order valence-corrected chi connectivity index (χ0v) is 12.0. The minimum Gasteiger partial charge on any atom is -0.362 e. The molecule has 0 atom stereocenters. The Bertz CT molecular complexity index is 533. The van der Waals surface area contributed by atoms with E-state index in [1.54, 1.807) is 31.2 Å². The van der Waals surface area contributed by atoms with Crippen LogP contribution >= 0.6 is 0 Å². The third-order valence-corrected chi connectivity index (χ3v) is 2.92. The largest absolute Gasteiger partial charge is 0.362 e. The van der Waals surface area contributed by atoms with Crippen molar-refractivity contribution in [3.05, 3.63) is 42.0 Å². The number of benzene rings is 1. The summed E-state index contributed by atoms with van der Waals surface area (Å²) in [6, 6.07) is 7.28. The molecule has 100 valence electrons. The standard InChI is InChI=1S/C16H20N2O/c1-6-9-18(16(3,4)5)15-10-13(11-17)7-8-14(15)12(2)19/h6-8,10H,1,9H2,2-5H3. The van der Waals surface area contributed by atoms with Crippen LogP contribution in [-0.4, -0.2) is 17.9 Å². The van der Waals surface area contributed by atoms with E-state index in [1.165, 1.54) is 0 Å². The first-order valence-electron chi connectivity index (χ1n) is 6.25. The lowest BCUT2D eigenvalue weighted by Gasteiger charge is -2.38. The second kappa shape index (κ2) is 5.71. The van der Waals surface area contributed by atoms with E-state index in [2.05, 4.69) is 38.3 Å². The Morgan fingerprint density at radius 2 is 2.11 bits per heavy atom. The van der Waals surface area contributed by atoms with Crippen LogP contribution in [0.3, 0.4) is 0 Å². The fraction of sp³-hybridized carbons (Fsp3) is 0.375. The third-order valence-electron chi connectivity index (χ3n) is 2.92. The molecular weight excluding hydrogens is 236 g/mol. The van der Waals surface area contributed by atoms with E-state index in [0.717, 1.165) is 5.69 Å². The highest BCUT2D eigenvalue weighted by Gasteiger charge is 2.24. The van der Waals surface area contributed by atoms with Crippen molar-refractivity contribution in [3.63, 3.8) is 0 Å². The molecule has 0 spiro atoms. The molecule has 0 N–H and O–H groups in total. The van der Waals surface area contributed by atoms with Gasteiger partial charge in [-0.05, 0) is 45.9 Å². The van der Waals surface area contributed by atoms with Crippen molar-refractivity contribution in [1.29, 1.82) is 5.26 Å². The Kier molecular flexibility index (Phi) is 4.50. The third kappa shape index (κ3) is 3.45. The van der Waals surface area contributed by atoms with Crippen LogP contribution in [0.4, 0.5) is 5.69 Å². The van der Waals surface area contributed by atoms with E-state index in [4.69, 9.17) is 5.26 Å². The summed E-state index contributed by atoms with van der Waals surface area (Å²) in [5.41, 5.74) is 1.82. The van der Waals surface area contributed by atoms with Gasteiger partial charge in [0.1, 0.15) is 0 Å². The summed E-state index contributed by atoms with van der Waals surface area (Å²) < 4.78 is 0. The number of nitrogens with zero attached hydrogens (tertiary/aromatic N) is 2. The van der Waals surface area contributed by atoms with Gasteiger partial charge >= 0.3 is 0 Å². The summed E-state index contributed by atoms with van der Waals surface area (Å²) >= 11 is 0. The maximum absolute atomic E-state index is 11.8. The zero-order valence-electron chi connectivity index (χ0n) is 12.0. The summed E-state index contributed by atoms with van der Waals surface area (Å²) in [7, 11) is 0. The van der Waals surface area contributed by atoms with E-state index in [9.17, 15) is 4.79 Å². The van der Waals surface area contributed by atoms with Crippen molar-refractivity contribution in [2.24, 2.45) is 0 Å². The van der Waals surface area contributed by atoms with Crippen LogP contribution in [0.2, 0.25) is 0 Å². The van der Waals surface area contributed by atoms with Crippen molar-refractivity contribution in [3.8, 4) is 6.07 Å². The van der Waals surface area contributed by atoms with Crippen LogP contribution in [0.5, 0.6) is 0 Å². The average Bonchev–Trinajstić information content (AvgIpc) is 2.33. The molecule has 0 aromatic heterocycles. The number of carbonyl (C=O) groups excluding carboxylic acids is 1. The smallest absolute Gasteiger partial charge is 0.161 e. The lowest BCUT2D eigenvalue weighted by molar-refractivity contribution is 0.101. The Labute approximate surface area is 115 Å². The fourth-order valence-corrected chi connectivity index (χ4v) is 1.98. The van der Waals surface area contributed by atoms with Gasteiger partial charge in [0.15, 0.2) is 5.78 Å². The predicted molar refractivity (Wildman–Crippen MR) is 78.5 cm³/mol. The minimum absolute atomic E-state index is 0.00204. The first-order chi connectivity index (χ1) is 8.81. The van der Waals surface area contributed by atoms with Gasteiger partial charge in [-0.1, -0.05) is 6.08 Å². The predicted octanol–water partition coefficient (Wildman–Crippen LogP) is 3.55. The Hall–Kier alpha value is -2.08. The Morgan fingerprint density at radius 1 is 1.47 bits per heavy atom. The second-order valence-electron chi connectivity index (χ2n) is 5.47. The number of carbonyl (C=O) groups is 1. The molecule has 3 nitrogen and oxygen atoms in total. The molecule has 0 aliphatic carbocycles. The summed E-state index contributed by atoms with van der Waals surface area (Å²) in [5, 5.41) is 9.03. The van der Waals surface area contributed by atoms with Crippen molar-refractivity contribution >= 4 is 11.5 Å². The van der Waals surface area contributed by atoms with Crippen molar-refractivity contribution < 1.29 is 4.79 Å². The summed E-state index contributed by atoms with van der Waals surface area (Å²) in [5.74, 6) is -0.00204. The Balaban J connectivity index is 3.46. The molecular formula is C16H20N2O. The maximum Gasteiger partial charge on any atom is 0.161 e. The van der Waals surface area contributed by atoms with Gasteiger partial charge in [0.2, 0.25) is 0 Å². The number of ketones is 1. The first kappa shape index (κ1) is 15.0. The van der Waals surface area contributed by atoms with E-state index >= 15 is 0 Å². The highest BCUT2D eigenvalue weighted by atomic mass is 16.1. The molecule has 0 heterocycles. The van der Waals surface area contributed by atoms with Gasteiger partial charge in [-0.15, -0.1) is 6.58 Å². The minimum atomic E-state index is -0.160. The molecule has 0 fully saturated rings. The molecule has 0 saturated heterocycles. The van der Waals surface area contributed by atoms with Crippen molar-refractivity contribution in [2.45, 2.75) is 33.2 Å². The van der Waals surface area contributed by atoms with Gasteiger partial charge in [-0.2, -0.15) is 5.26 Å². The number of hydrogen-bond donors (Lipinski definition) is 0. The highest BCUT2D eigenvalue weighted by molar-refractivity contribution is 6.00. The monoisotopic (exact) mass is 256 g/mol. The Morgan fingerprint density at radius 3 is 2.53 bits per heavy atom. The summed E-state index contributed by atoms with van der Waals surface area (Å²) in [6.45, 7) is 12.1. The zero-order chi connectivity index (χ0) is 14.6. The van der Waals surface area contributed by atoms with E-state index in [1.807, 2.05) is 0 Å². The topological polar surface area (TPSA) is 44.1 Å². The second-order valence-corrected chi connectivity index (χ2v) is 5.47.